The average Bonchev–Trinajstić information content (AvgIpc) is 3.10. The van der Waals surface area contributed by atoms with Crippen LogP contribution in [0.5, 0.6) is 5.75 Å². The van der Waals surface area contributed by atoms with Gasteiger partial charge in [-0.05, 0) is 25.1 Å². The minimum absolute atomic E-state index is 0.0817. The highest BCUT2D eigenvalue weighted by molar-refractivity contribution is 6.33. The molecule has 146 valence electrons. The first-order valence-electron chi connectivity index (χ1n) is 8.79. The number of ether oxygens (including phenoxy) is 2. The van der Waals surface area contributed by atoms with Crippen LogP contribution < -0.4 is 15.8 Å². The molecule has 1 amide bonds. The Balaban J connectivity index is 1.77. The summed E-state index contributed by atoms with van der Waals surface area (Å²) in [6, 6.07) is 6.86. The van der Waals surface area contributed by atoms with Crippen LogP contribution in [0.25, 0.3) is 0 Å². The van der Waals surface area contributed by atoms with Crippen LogP contribution in [0.2, 0.25) is 5.02 Å². The van der Waals surface area contributed by atoms with Gasteiger partial charge in [0.2, 0.25) is 0 Å². The van der Waals surface area contributed by atoms with E-state index < -0.39 is 0 Å². The molecule has 0 spiro atoms. The van der Waals surface area contributed by atoms with Crippen molar-refractivity contribution in [3.05, 3.63) is 46.4 Å². The zero-order chi connectivity index (χ0) is 19.4. The van der Waals surface area contributed by atoms with Gasteiger partial charge < -0.3 is 24.9 Å². The van der Waals surface area contributed by atoms with Crippen molar-refractivity contribution in [1.29, 1.82) is 0 Å². The number of morpholine rings is 1. The molecule has 2 heterocycles. The first-order valence-corrected chi connectivity index (χ1v) is 9.16. The number of nitrogens with one attached hydrogen (secondary N) is 1. The largest absolute Gasteiger partial charge is 0.496 e. The number of rotatable bonds is 6. The van der Waals surface area contributed by atoms with E-state index in [4.69, 9.17) is 31.2 Å². The number of nitrogens with two attached hydrogens (primary N) is 1. The summed E-state index contributed by atoms with van der Waals surface area (Å²) in [6.45, 7) is 5.16. The quantitative estimate of drug-likeness (QED) is 0.733. The molecule has 1 fully saturated rings. The van der Waals surface area contributed by atoms with Crippen molar-refractivity contribution in [3.63, 3.8) is 0 Å². The van der Waals surface area contributed by atoms with Crippen molar-refractivity contribution in [2.24, 2.45) is 0 Å². The molecule has 1 aliphatic rings. The van der Waals surface area contributed by atoms with Crippen molar-refractivity contribution in [2.75, 3.05) is 45.7 Å². The molecule has 8 heteroatoms. The molecular weight excluding hydrogens is 370 g/mol. The average molecular weight is 394 g/mol. The third-order valence-electron chi connectivity index (χ3n) is 4.60. The molecule has 1 aromatic carbocycles. The molecule has 0 saturated carbocycles. The summed E-state index contributed by atoms with van der Waals surface area (Å²) in [6.07, 6.45) is 0. The van der Waals surface area contributed by atoms with Crippen molar-refractivity contribution in [3.8, 4) is 5.75 Å². The number of aryl methyl sites for hydroxylation is 1. The second-order valence-electron chi connectivity index (χ2n) is 6.40. The maximum Gasteiger partial charge on any atom is 0.255 e. The van der Waals surface area contributed by atoms with E-state index in [-0.39, 0.29) is 11.9 Å². The van der Waals surface area contributed by atoms with Crippen LogP contribution in [0, 0.1) is 6.92 Å². The monoisotopic (exact) mass is 393 g/mol. The Kier molecular flexibility index (Phi) is 6.26. The van der Waals surface area contributed by atoms with Gasteiger partial charge in [-0.1, -0.05) is 11.6 Å². The number of amides is 1. The van der Waals surface area contributed by atoms with Gasteiger partial charge in [-0.2, -0.15) is 0 Å². The van der Waals surface area contributed by atoms with Crippen LogP contribution in [0.3, 0.4) is 0 Å². The van der Waals surface area contributed by atoms with Gasteiger partial charge in [-0.15, -0.1) is 0 Å². The van der Waals surface area contributed by atoms with E-state index in [2.05, 4.69) is 10.2 Å². The lowest BCUT2D eigenvalue weighted by molar-refractivity contribution is 0.0117. The van der Waals surface area contributed by atoms with E-state index in [9.17, 15) is 4.79 Å². The third kappa shape index (κ3) is 4.55. The van der Waals surface area contributed by atoms with Crippen molar-refractivity contribution in [1.82, 2.24) is 10.2 Å². The van der Waals surface area contributed by atoms with Gasteiger partial charge in [0.05, 0.1) is 42.6 Å². The normalized spacial score (nSPS) is 16.1. The lowest BCUT2D eigenvalue weighted by Gasteiger charge is -2.33. The number of nitrogen functional groups attached to an aromatic ring is 1. The van der Waals surface area contributed by atoms with E-state index in [1.54, 1.807) is 6.07 Å². The van der Waals surface area contributed by atoms with E-state index in [0.29, 0.717) is 41.8 Å². The van der Waals surface area contributed by atoms with Gasteiger partial charge in [0.25, 0.3) is 5.91 Å². The highest BCUT2D eigenvalue weighted by Crippen LogP contribution is 2.29. The Bertz CT molecular complexity index is 802. The molecule has 2 aromatic rings. The number of nitrogens with zero attached hydrogens (tertiary/aromatic N) is 1. The highest BCUT2D eigenvalue weighted by atomic mass is 35.5. The molecule has 27 heavy (non-hydrogen) atoms. The van der Waals surface area contributed by atoms with Crippen LogP contribution >= 0.6 is 11.6 Å². The van der Waals surface area contributed by atoms with Gasteiger partial charge in [0, 0.05) is 25.7 Å². The molecule has 0 bridgehead atoms. The fraction of sp³-hybridized carbons (Fsp3) is 0.421. The second kappa shape index (κ2) is 8.65. The molecule has 1 atom stereocenters. The van der Waals surface area contributed by atoms with Crippen LogP contribution in [-0.4, -0.2) is 50.8 Å². The first kappa shape index (κ1) is 19.5. The number of carbonyl (C=O) groups is 1. The Morgan fingerprint density at radius 2 is 2.11 bits per heavy atom. The molecule has 1 unspecified atom stereocenters. The fourth-order valence-corrected chi connectivity index (χ4v) is 3.30. The van der Waals surface area contributed by atoms with Gasteiger partial charge >= 0.3 is 0 Å². The molecule has 1 aromatic heterocycles. The lowest BCUT2D eigenvalue weighted by Crippen LogP contribution is -2.43. The number of furan rings is 1. The van der Waals surface area contributed by atoms with Crippen LogP contribution in [0.1, 0.15) is 27.9 Å². The maximum absolute atomic E-state index is 12.7. The standard InChI is InChI=1S/C19H24ClN3O4/c1-12-3-4-17(27-12)16(23-5-7-26-8-6-23)11-22-19(24)13-9-14(20)15(21)10-18(13)25-2/h3-4,9-10,16H,5-8,11,21H2,1-2H3,(H,22,24). The molecule has 7 nitrogen and oxygen atoms in total. The van der Waals surface area contributed by atoms with Gasteiger partial charge in [0.15, 0.2) is 0 Å². The number of carbonyl (C=O) groups excluding carboxylic acids is 1. The molecule has 3 rings (SSSR count). The number of methoxy groups -OCH3 is 1. The summed E-state index contributed by atoms with van der Waals surface area (Å²) in [5.74, 6) is 1.75. The summed E-state index contributed by atoms with van der Waals surface area (Å²) in [5.41, 5.74) is 6.49. The Morgan fingerprint density at radius 1 is 1.37 bits per heavy atom. The zero-order valence-corrected chi connectivity index (χ0v) is 16.2. The van der Waals surface area contributed by atoms with Crippen molar-refractivity contribution < 1.29 is 18.7 Å². The summed E-state index contributed by atoms with van der Waals surface area (Å²) >= 11 is 6.07. The second-order valence-corrected chi connectivity index (χ2v) is 6.80. The molecular formula is C19H24ClN3O4. The van der Waals surface area contributed by atoms with Crippen LogP contribution in [-0.2, 0) is 4.74 Å². The highest BCUT2D eigenvalue weighted by Gasteiger charge is 2.26. The Labute approximate surface area is 163 Å². The van der Waals surface area contributed by atoms with Crippen LogP contribution in [0.15, 0.2) is 28.7 Å². The fourth-order valence-electron chi connectivity index (χ4n) is 3.13. The Morgan fingerprint density at radius 3 is 2.74 bits per heavy atom. The smallest absolute Gasteiger partial charge is 0.255 e. The predicted octanol–water partition coefficient (Wildman–Crippen LogP) is 2.64. The molecule has 0 aliphatic carbocycles. The predicted molar refractivity (Wildman–Crippen MR) is 103 cm³/mol. The maximum atomic E-state index is 12.7. The zero-order valence-electron chi connectivity index (χ0n) is 15.5. The molecule has 3 N–H and O–H groups in total. The Hall–Kier alpha value is -2.22. The number of anilines is 1. The number of benzene rings is 1. The minimum Gasteiger partial charge on any atom is -0.496 e. The van der Waals surface area contributed by atoms with E-state index in [0.717, 1.165) is 24.6 Å². The topological polar surface area (TPSA) is 90.0 Å². The summed E-state index contributed by atoms with van der Waals surface area (Å²) in [4.78, 5) is 15.0. The van der Waals surface area contributed by atoms with Gasteiger partial charge in [0.1, 0.15) is 17.3 Å². The van der Waals surface area contributed by atoms with Crippen molar-refractivity contribution >= 4 is 23.2 Å². The van der Waals surface area contributed by atoms with E-state index >= 15 is 0 Å². The first-order chi connectivity index (χ1) is 13.0. The van der Waals surface area contributed by atoms with Gasteiger partial charge in [-0.3, -0.25) is 9.69 Å². The molecule has 0 radical (unpaired) electrons. The third-order valence-corrected chi connectivity index (χ3v) is 4.92. The molecule has 1 aliphatic heterocycles. The minimum atomic E-state index is -0.282. The SMILES string of the molecule is COc1cc(N)c(Cl)cc1C(=O)NCC(c1ccc(C)o1)N1CCOCC1. The van der Waals surface area contributed by atoms with Crippen LogP contribution in [0.4, 0.5) is 5.69 Å². The van der Waals surface area contributed by atoms with Gasteiger partial charge in [-0.25, -0.2) is 0 Å². The number of hydrogen-bond donors (Lipinski definition) is 2. The van der Waals surface area contributed by atoms with E-state index in [1.165, 1.54) is 13.2 Å². The summed E-state index contributed by atoms with van der Waals surface area (Å²) in [5, 5.41) is 3.28. The summed E-state index contributed by atoms with van der Waals surface area (Å²) in [7, 11) is 1.49. The number of halogens is 1. The van der Waals surface area contributed by atoms with Crippen molar-refractivity contribution in [2.45, 2.75) is 13.0 Å². The van der Waals surface area contributed by atoms with E-state index in [1.807, 2.05) is 19.1 Å². The summed E-state index contributed by atoms with van der Waals surface area (Å²) < 4.78 is 16.5. The molecule has 1 saturated heterocycles. The number of hydrogen-bond acceptors (Lipinski definition) is 6. The lowest BCUT2D eigenvalue weighted by atomic mass is 10.1.